The Labute approximate surface area is 103 Å². The molecule has 96 valence electrons. The number of carbonyl (C=O) groups excluding carboxylic acids is 1. The van der Waals surface area contributed by atoms with Crippen LogP contribution in [0.5, 0.6) is 0 Å². The monoisotopic (exact) mass is 237 g/mol. The van der Waals surface area contributed by atoms with Gasteiger partial charge in [-0.1, -0.05) is 6.42 Å². The molecule has 0 heterocycles. The van der Waals surface area contributed by atoms with Gasteiger partial charge in [-0.3, -0.25) is 4.79 Å². The summed E-state index contributed by atoms with van der Waals surface area (Å²) < 4.78 is 0. The van der Waals surface area contributed by atoms with Crippen molar-refractivity contribution in [3.05, 3.63) is 0 Å². The number of hydrogen-bond acceptors (Lipinski definition) is 2. The maximum Gasteiger partial charge on any atom is 0.223 e. The van der Waals surface area contributed by atoms with E-state index >= 15 is 0 Å². The van der Waals surface area contributed by atoms with Gasteiger partial charge in [0.2, 0.25) is 5.91 Å². The summed E-state index contributed by atoms with van der Waals surface area (Å²) in [5, 5.41) is 12.6. The second-order valence-corrected chi connectivity index (χ2v) is 6.20. The quantitative estimate of drug-likeness (QED) is 0.785. The second-order valence-electron chi connectivity index (χ2n) is 6.20. The minimum atomic E-state index is -0.0928. The van der Waals surface area contributed by atoms with E-state index in [1.807, 2.05) is 0 Å². The Balaban J connectivity index is 1.38. The van der Waals surface area contributed by atoms with Crippen LogP contribution in [0.15, 0.2) is 0 Å². The van der Waals surface area contributed by atoms with Crippen molar-refractivity contribution in [2.45, 2.75) is 51.0 Å². The highest BCUT2D eigenvalue weighted by atomic mass is 16.3. The van der Waals surface area contributed by atoms with Crippen molar-refractivity contribution >= 4 is 5.91 Å². The third kappa shape index (κ3) is 2.35. The fourth-order valence-corrected chi connectivity index (χ4v) is 3.92. The number of rotatable bonds is 3. The molecular formula is C14H23NO2. The molecule has 2 atom stereocenters. The van der Waals surface area contributed by atoms with E-state index in [1.165, 1.54) is 19.3 Å². The normalized spacial score (nSPS) is 44.2. The van der Waals surface area contributed by atoms with E-state index in [-0.39, 0.29) is 6.10 Å². The molecule has 1 amide bonds. The van der Waals surface area contributed by atoms with Crippen LogP contribution in [0, 0.1) is 23.7 Å². The van der Waals surface area contributed by atoms with E-state index in [4.69, 9.17) is 0 Å². The molecule has 3 nitrogen and oxygen atoms in total. The van der Waals surface area contributed by atoms with Gasteiger partial charge in [-0.2, -0.15) is 0 Å². The van der Waals surface area contributed by atoms with Crippen LogP contribution in [0.2, 0.25) is 0 Å². The molecule has 2 unspecified atom stereocenters. The number of aliphatic hydroxyl groups excluding tert-OH is 1. The summed E-state index contributed by atoms with van der Waals surface area (Å²) in [5.74, 6) is 2.72. The summed E-state index contributed by atoms with van der Waals surface area (Å²) in [5.41, 5.74) is 0. The first-order valence-corrected chi connectivity index (χ1v) is 7.21. The van der Waals surface area contributed by atoms with Crippen molar-refractivity contribution in [3.63, 3.8) is 0 Å². The topological polar surface area (TPSA) is 49.3 Å². The van der Waals surface area contributed by atoms with Gasteiger partial charge in [0.05, 0.1) is 6.10 Å². The highest BCUT2D eigenvalue weighted by Crippen LogP contribution is 2.57. The molecular weight excluding hydrogens is 214 g/mol. The molecule has 17 heavy (non-hydrogen) atoms. The number of carbonyl (C=O) groups is 1. The number of fused-ring (bicyclic) bond motifs is 1. The molecule has 3 aliphatic carbocycles. The summed E-state index contributed by atoms with van der Waals surface area (Å²) in [6.45, 7) is 0.835. The summed E-state index contributed by atoms with van der Waals surface area (Å²) in [6.07, 6.45) is 7.75. The van der Waals surface area contributed by atoms with Crippen LogP contribution in [0.4, 0.5) is 0 Å². The van der Waals surface area contributed by atoms with Crippen LogP contribution >= 0.6 is 0 Å². The average molecular weight is 237 g/mol. The number of aliphatic hydroxyl groups is 1. The molecule has 0 aliphatic heterocycles. The summed E-state index contributed by atoms with van der Waals surface area (Å²) in [7, 11) is 0. The van der Waals surface area contributed by atoms with Crippen molar-refractivity contribution in [3.8, 4) is 0 Å². The maximum absolute atomic E-state index is 12.0. The molecule has 0 saturated heterocycles. The zero-order chi connectivity index (χ0) is 11.8. The minimum absolute atomic E-state index is 0.0928. The Bertz CT molecular complexity index is 287. The van der Waals surface area contributed by atoms with E-state index < -0.39 is 0 Å². The fraction of sp³-hybridized carbons (Fsp3) is 0.929. The predicted molar refractivity (Wildman–Crippen MR) is 65.3 cm³/mol. The Morgan fingerprint density at radius 1 is 1.06 bits per heavy atom. The van der Waals surface area contributed by atoms with E-state index in [0.717, 1.165) is 44.1 Å². The van der Waals surface area contributed by atoms with Crippen molar-refractivity contribution in [1.82, 2.24) is 5.32 Å². The third-order valence-electron chi connectivity index (χ3n) is 5.09. The van der Waals surface area contributed by atoms with Crippen LogP contribution in [0.1, 0.15) is 44.9 Å². The lowest BCUT2D eigenvalue weighted by Gasteiger charge is -2.25. The molecule has 0 spiro atoms. The first-order valence-electron chi connectivity index (χ1n) is 7.21. The Morgan fingerprint density at radius 2 is 1.71 bits per heavy atom. The standard InChI is InChI=1S/C14H23NO2/c16-10-6-4-9(5-7-10)8-15-14(17)13-11-2-1-3-12(11)13/h9-13,16H,1-8H2,(H,15,17). The van der Waals surface area contributed by atoms with Gasteiger partial charge >= 0.3 is 0 Å². The molecule has 0 radical (unpaired) electrons. The smallest absolute Gasteiger partial charge is 0.223 e. The van der Waals surface area contributed by atoms with E-state index in [2.05, 4.69) is 5.32 Å². The number of hydrogen-bond donors (Lipinski definition) is 2. The molecule has 3 aliphatic rings. The zero-order valence-electron chi connectivity index (χ0n) is 10.4. The van der Waals surface area contributed by atoms with Crippen LogP contribution in [0.25, 0.3) is 0 Å². The predicted octanol–water partition coefficient (Wildman–Crippen LogP) is 1.70. The molecule has 2 N–H and O–H groups in total. The Kier molecular flexibility index (Phi) is 3.12. The van der Waals surface area contributed by atoms with Crippen LogP contribution in [-0.4, -0.2) is 23.7 Å². The molecule has 0 aromatic heterocycles. The SMILES string of the molecule is O=C(NCC1CCC(O)CC1)C1C2CCCC21. The van der Waals surface area contributed by atoms with Gasteiger partial charge in [-0.05, 0) is 56.3 Å². The molecule has 0 aromatic carbocycles. The fourth-order valence-electron chi connectivity index (χ4n) is 3.92. The van der Waals surface area contributed by atoms with Crippen molar-refractivity contribution in [1.29, 1.82) is 0 Å². The summed E-state index contributed by atoms with van der Waals surface area (Å²) in [4.78, 5) is 12.0. The lowest BCUT2D eigenvalue weighted by molar-refractivity contribution is -0.123. The maximum atomic E-state index is 12.0. The van der Waals surface area contributed by atoms with Crippen molar-refractivity contribution in [2.24, 2.45) is 23.7 Å². The number of nitrogens with one attached hydrogen (secondary N) is 1. The third-order valence-corrected chi connectivity index (χ3v) is 5.09. The molecule has 3 heteroatoms. The highest BCUT2D eigenvalue weighted by molar-refractivity contribution is 5.82. The van der Waals surface area contributed by atoms with Gasteiger partial charge in [0.1, 0.15) is 0 Å². The van der Waals surface area contributed by atoms with E-state index in [1.54, 1.807) is 0 Å². The second kappa shape index (κ2) is 4.60. The van der Waals surface area contributed by atoms with Gasteiger partial charge in [0.15, 0.2) is 0 Å². The highest BCUT2D eigenvalue weighted by Gasteiger charge is 2.56. The van der Waals surface area contributed by atoms with Gasteiger partial charge < -0.3 is 10.4 Å². The first kappa shape index (κ1) is 11.5. The summed E-state index contributed by atoms with van der Waals surface area (Å²) in [6, 6.07) is 0. The van der Waals surface area contributed by atoms with Crippen LogP contribution in [-0.2, 0) is 4.79 Å². The van der Waals surface area contributed by atoms with Crippen LogP contribution < -0.4 is 5.32 Å². The van der Waals surface area contributed by atoms with Gasteiger partial charge in [-0.15, -0.1) is 0 Å². The van der Waals surface area contributed by atoms with E-state index in [0.29, 0.717) is 17.7 Å². The first-order chi connectivity index (χ1) is 8.25. The largest absolute Gasteiger partial charge is 0.393 e. The van der Waals surface area contributed by atoms with Crippen LogP contribution in [0.3, 0.4) is 0 Å². The Hall–Kier alpha value is -0.570. The molecule has 3 rings (SSSR count). The lowest BCUT2D eigenvalue weighted by atomic mass is 9.87. The molecule has 3 saturated carbocycles. The van der Waals surface area contributed by atoms with Gasteiger partial charge in [-0.25, -0.2) is 0 Å². The van der Waals surface area contributed by atoms with Gasteiger partial charge in [0, 0.05) is 12.5 Å². The minimum Gasteiger partial charge on any atom is -0.393 e. The zero-order valence-corrected chi connectivity index (χ0v) is 10.4. The summed E-state index contributed by atoms with van der Waals surface area (Å²) >= 11 is 0. The molecule has 0 aromatic rings. The van der Waals surface area contributed by atoms with Crippen molar-refractivity contribution in [2.75, 3.05) is 6.54 Å². The van der Waals surface area contributed by atoms with E-state index in [9.17, 15) is 9.90 Å². The number of amides is 1. The van der Waals surface area contributed by atoms with Gasteiger partial charge in [0.25, 0.3) is 0 Å². The average Bonchev–Trinajstić information content (AvgIpc) is 2.82. The Morgan fingerprint density at radius 3 is 2.35 bits per heavy atom. The molecule has 0 bridgehead atoms. The van der Waals surface area contributed by atoms with Crippen molar-refractivity contribution < 1.29 is 9.90 Å². The lowest BCUT2D eigenvalue weighted by Crippen LogP contribution is -2.33. The molecule has 3 fully saturated rings.